The summed E-state index contributed by atoms with van der Waals surface area (Å²) in [6, 6.07) is 6.44. The van der Waals surface area contributed by atoms with Crippen LogP contribution >= 0.6 is 35.0 Å². The molecule has 1 fully saturated rings. The van der Waals surface area contributed by atoms with Gasteiger partial charge >= 0.3 is 0 Å². The standard InChI is InChI=1S/C15H18Cl2N2S/c1-9(16)15-18-13-7-10(17)3-6-14(13)19(15)11-4-5-12(8-11)20-2/h3,6-7,9,11-12H,4-5,8H2,1-2H3. The van der Waals surface area contributed by atoms with Gasteiger partial charge in [-0.05, 0) is 50.6 Å². The number of benzene rings is 1. The van der Waals surface area contributed by atoms with E-state index in [1.165, 1.54) is 19.3 Å². The second-order valence-electron chi connectivity index (χ2n) is 5.41. The zero-order chi connectivity index (χ0) is 14.3. The van der Waals surface area contributed by atoms with Crippen LogP contribution in [0.3, 0.4) is 0 Å². The summed E-state index contributed by atoms with van der Waals surface area (Å²) >= 11 is 14.4. The summed E-state index contributed by atoms with van der Waals surface area (Å²) in [4.78, 5) is 4.71. The monoisotopic (exact) mass is 328 g/mol. The molecule has 3 atom stereocenters. The van der Waals surface area contributed by atoms with Gasteiger partial charge in [-0.15, -0.1) is 11.6 Å². The van der Waals surface area contributed by atoms with E-state index >= 15 is 0 Å². The molecule has 0 aliphatic heterocycles. The van der Waals surface area contributed by atoms with Gasteiger partial charge in [-0.3, -0.25) is 0 Å². The molecule has 0 bridgehead atoms. The first kappa shape index (κ1) is 14.6. The predicted molar refractivity (Wildman–Crippen MR) is 89.2 cm³/mol. The van der Waals surface area contributed by atoms with Crippen LogP contribution in [0, 0.1) is 0 Å². The van der Waals surface area contributed by atoms with Crippen LogP contribution in [0.4, 0.5) is 0 Å². The molecule has 1 aliphatic carbocycles. The highest BCUT2D eigenvalue weighted by atomic mass is 35.5. The van der Waals surface area contributed by atoms with Gasteiger partial charge in [0.05, 0.1) is 16.4 Å². The SMILES string of the molecule is CSC1CCC(n2c(C(C)Cl)nc3cc(Cl)ccc32)C1. The number of alkyl halides is 1. The maximum absolute atomic E-state index is 6.35. The fourth-order valence-corrected chi connectivity index (χ4v) is 4.23. The molecule has 3 unspecified atom stereocenters. The van der Waals surface area contributed by atoms with Gasteiger partial charge in [0.1, 0.15) is 5.82 Å². The Balaban J connectivity index is 2.10. The van der Waals surface area contributed by atoms with Crippen molar-refractivity contribution in [2.75, 3.05) is 6.26 Å². The summed E-state index contributed by atoms with van der Waals surface area (Å²) in [6.07, 6.45) is 5.88. The van der Waals surface area contributed by atoms with Crippen LogP contribution in [0.2, 0.25) is 5.02 Å². The van der Waals surface area contributed by atoms with E-state index in [9.17, 15) is 0 Å². The van der Waals surface area contributed by atoms with Gasteiger partial charge in [-0.2, -0.15) is 11.8 Å². The number of thioether (sulfide) groups is 1. The van der Waals surface area contributed by atoms with Crippen LogP contribution in [0.5, 0.6) is 0 Å². The molecule has 1 aromatic carbocycles. The van der Waals surface area contributed by atoms with E-state index in [0.717, 1.165) is 27.1 Å². The molecule has 0 radical (unpaired) electrons. The Morgan fingerprint density at radius 1 is 1.40 bits per heavy atom. The molecular weight excluding hydrogens is 311 g/mol. The van der Waals surface area contributed by atoms with Gasteiger partial charge in [-0.25, -0.2) is 4.98 Å². The van der Waals surface area contributed by atoms with Crippen LogP contribution in [-0.2, 0) is 0 Å². The smallest absolute Gasteiger partial charge is 0.127 e. The average Bonchev–Trinajstić information content (AvgIpc) is 3.00. The minimum absolute atomic E-state index is 0.0884. The van der Waals surface area contributed by atoms with Crippen LogP contribution in [-0.4, -0.2) is 21.1 Å². The minimum atomic E-state index is -0.0884. The number of imidazole rings is 1. The molecule has 0 spiro atoms. The highest BCUT2D eigenvalue weighted by Gasteiger charge is 2.29. The maximum atomic E-state index is 6.35. The molecule has 1 heterocycles. The van der Waals surface area contributed by atoms with Crippen LogP contribution < -0.4 is 0 Å². The quantitative estimate of drug-likeness (QED) is 0.697. The minimum Gasteiger partial charge on any atom is -0.324 e. The van der Waals surface area contributed by atoms with Gasteiger partial charge in [0, 0.05) is 16.3 Å². The molecular formula is C15H18Cl2N2S. The van der Waals surface area contributed by atoms with Crippen LogP contribution in [0.25, 0.3) is 11.0 Å². The van der Waals surface area contributed by atoms with Gasteiger partial charge in [-0.1, -0.05) is 11.6 Å². The zero-order valence-electron chi connectivity index (χ0n) is 11.6. The highest BCUT2D eigenvalue weighted by molar-refractivity contribution is 7.99. The van der Waals surface area contributed by atoms with Crippen molar-refractivity contribution >= 4 is 46.0 Å². The number of aromatic nitrogens is 2. The lowest BCUT2D eigenvalue weighted by molar-refractivity contribution is 0.511. The van der Waals surface area contributed by atoms with Gasteiger partial charge in [0.15, 0.2) is 0 Å². The van der Waals surface area contributed by atoms with E-state index in [0.29, 0.717) is 6.04 Å². The molecule has 2 aromatic rings. The molecule has 2 nitrogen and oxygen atoms in total. The summed E-state index contributed by atoms with van der Waals surface area (Å²) in [5, 5.41) is 1.39. The first-order valence-corrected chi connectivity index (χ1v) is 9.04. The molecule has 1 saturated carbocycles. The Hall–Kier alpha value is -0.380. The van der Waals surface area contributed by atoms with E-state index in [-0.39, 0.29) is 5.38 Å². The highest BCUT2D eigenvalue weighted by Crippen LogP contribution is 2.40. The van der Waals surface area contributed by atoms with Crippen molar-refractivity contribution in [3.05, 3.63) is 29.0 Å². The third kappa shape index (κ3) is 2.56. The summed E-state index contributed by atoms with van der Waals surface area (Å²) in [7, 11) is 0. The number of fused-ring (bicyclic) bond motifs is 1. The van der Waals surface area contributed by atoms with Crippen molar-refractivity contribution in [3.8, 4) is 0 Å². The third-order valence-electron chi connectivity index (χ3n) is 4.09. The normalized spacial score (nSPS) is 24.4. The van der Waals surface area contributed by atoms with E-state index in [1.807, 2.05) is 30.8 Å². The van der Waals surface area contributed by atoms with Gasteiger partial charge in [0.25, 0.3) is 0 Å². The maximum Gasteiger partial charge on any atom is 0.127 e. The van der Waals surface area contributed by atoms with Crippen molar-refractivity contribution in [2.24, 2.45) is 0 Å². The van der Waals surface area contributed by atoms with Crippen molar-refractivity contribution in [1.82, 2.24) is 9.55 Å². The molecule has 0 N–H and O–H groups in total. The Bertz CT molecular complexity index is 624. The zero-order valence-corrected chi connectivity index (χ0v) is 14.0. The molecule has 108 valence electrons. The fraction of sp³-hybridized carbons (Fsp3) is 0.533. The largest absolute Gasteiger partial charge is 0.324 e. The summed E-state index contributed by atoms with van der Waals surface area (Å²) in [5.41, 5.74) is 2.11. The van der Waals surface area contributed by atoms with Gasteiger partial charge < -0.3 is 4.57 Å². The topological polar surface area (TPSA) is 17.8 Å². The fourth-order valence-electron chi connectivity index (χ4n) is 3.12. The Morgan fingerprint density at radius 2 is 2.20 bits per heavy atom. The lowest BCUT2D eigenvalue weighted by Crippen LogP contribution is -2.10. The molecule has 20 heavy (non-hydrogen) atoms. The van der Waals surface area contributed by atoms with E-state index in [1.54, 1.807) is 0 Å². The molecule has 1 aromatic heterocycles. The Morgan fingerprint density at radius 3 is 2.85 bits per heavy atom. The first-order chi connectivity index (χ1) is 9.60. The third-order valence-corrected chi connectivity index (χ3v) is 5.62. The molecule has 5 heteroatoms. The number of halogens is 2. The summed E-state index contributed by atoms with van der Waals surface area (Å²) in [5.74, 6) is 0.968. The lowest BCUT2D eigenvalue weighted by Gasteiger charge is -2.18. The number of rotatable bonds is 3. The predicted octanol–water partition coefficient (Wildman–Crippen LogP) is 5.45. The van der Waals surface area contributed by atoms with E-state index in [2.05, 4.69) is 16.9 Å². The number of hydrogen-bond acceptors (Lipinski definition) is 2. The Labute approximate surface area is 133 Å². The first-order valence-electron chi connectivity index (χ1n) is 6.94. The molecule has 0 amide bonds. The molecule has 3 rings (SSSR count). The van der Waals surface area contributed by atoms with E-state index in [4.69, 9.17) is 28.2 Å². The second-order valence-corrected chi connectivity index (χ2v) is 7.64. The number of hydrogen-bond donors (Lipinski definition) is 0. The second kappa shape index (κ2) is 5.78. The van der Waals surface area contributed by atoms with Crippen molar-refractivity contribution in [2.45, 2.75) is 42.9 Å². The van der Waals surface area contributed by atoms with Crippen molar-refractivity contribution in [1.29, 1.82) is 0 Å². The lowest BCUT2D eigenvalue weighted by atomic mass is 10.2. The molecule has 0 saturated heterocycles. The van der Waals surface area contributed by atoms with Gasteiger partial charge in [0.2, 0.25) is 0 Å². The number of nitrogens with zero attached hydrogens (tertiary/aromatic N) is 2. The van der Waals surface area contributed by atoms with Crippen molar-refractivity contribution < 1.29 is 0 Å². The van der Waals surface area contributed by atoms with E-state index < -0.39 is 0 Å². The van der Waals surface area contributed by atoms with Crippen molar-refractivity contribution in [3.63, 3.8) is 0 Å². The Kier molecular flexibility index (Phi) is 4.21. The summed E-state index contributed by atoms with van der Waals surface area (Å²) < 4.78 is 2.35. The molecule has 1 aliphatic rings. The summed E-state index contributed by atoms with van der Waals surface area (Å²) in [6.45, 7) is 1.99. The van der Waals surface area contributed by atoms with Crippen LogP contribution in [0.15, 0.2) is 18.2 Å². The average molecular weight is 329 g/mol. The van der Waals surface area contributed by atoms with Crippen LogP contribution in [0.1, 0.15) is 43.4 Å².